The third-order valence-corrected chi connectivity index (χ3v) is 6.66. The van der Waals surface area contributed by atoms with Crippen LogP contribution in [0.25, 0.3) is 43.6 Å². The van der Waals surface area contributed by atoms with Crippen molar-refractivity contribution in [2.24, 2.45) is 7.05 Å². The topological polar surface area (TPSA) is 32.0 Å². The van der Waals surface area contributed by atoms with E-state index in [0.29, 0.717) is 6.61 Å². The van der Waals surface area contributed by atoms with Crippen molar-refractivity contribution < 1.29 is 4.74 Å². The van der Waals surface area contributed by atoms with Crippen molar-refractivity contribution in [3.8, 4) is 21.8 Å². The van der Waals surface area contributed by atoms with E-state index in [1.165, 1.54) is 27.4 Å². The van der Waals surface area contributed by atoms with Crippen LogP contribution in [0.5, 0.6) is 0 Å². The molecule has 0 aliphatic rings. The molecular weight excluding hydrogens is 446 g/mol. The zero-order chi connectivity index (χ0) is 20.0. The summed E-state index contributed by atoms with van der Waals surface area (Å²) in [6, 6.07) is 14.9. The second-order valence-corrected chi connectivity index (χ2v) is 8.87. The Morgan fingerprint density at radius 1 is 1.03 bits per heavy atom. The summed E-state index contributed by atoms with van der Waals surface area (Å²) in [5, 5.41) is 5.63. The minimum absolute atomic E-state index is 0.679. The van der Waals surface area contributed by atoms with Gasteiger partial charge in [0.1, 0.15) is 5.01 Å². The van der Waals surface area contributed by atoms with E-state index in [-0.39, 0.29) is 0 Å². The molecule has 3 aromatic heterocycles. The van der Waals surface area contributed by atoms with E-state index in [0.717, 1.165) is 27.3 Å². The number of rotatable bonds is 5. The lowest BCUT2D eigenvalue weighted by Crippen LogP contribution is -2.02. The average molecular weight is 466 g/mol. The van der Waals surface area contributed by atoms with Gasteiger partial charge < -0.3 is 13.9 Å². The first kappa shape index (κ1) is 18.6. The summed E-state index contributed by atoms with van der Waals surface area (Å²) in [6.45, 7) is 1.49. The summed E-state index contributed by atoms with van der Waals surface area (Å²) in [4.78, 5) is 5.03. The molecule has 2 aromatic carbocycles. The second-order valence-electron chi connectivity index (χ2n) is 7.10. The molecule has 0 spiro atoms. The van der Waals surface area contributed by atoms with Crippen LogP contribution in [0.2, 0.25) is 0 Å². The van der Waals surface area contributed by atoms with Gasteiger partial charge in [0, 0.05) is 75.9 Å². The van der Waals surface area contributed by atoms with Crippen LogP contribution >= 0.6 is 27.3 Å². The van der Waals surface area contributed by atoms with Crippen LogP contribution in [0.4, 0.5) is 0 Å². The number of halogens is 1. The standard InChI is InChI=1S/C23H20BrN3OS/c1-26-12-18(16-5-3-4-6-21(16)26)20-14-29-23(25-20)19-13-27(9-10-28-2)22-8-7-15(24)11-17(19)22/h3-8,11-14H,9-10H2,1-2H3. The van der Waals surface area contributed by atoms with E-state index in [1.807, 2.05) is 0 Å². The van der Waals surface area contributed by atoms with E-state index in [9.17, 15) is 0 Å². The Bertz CT molecular complexity index is 1330. The van der Waals surface area contributed by atoms with Gasteiger partial charge in [-0.05, 0) is 24.3 Å². The van der Waals surface area contributed by atoms with Crippen molar-refractivity contribution in [1.82, 2.24) is 14.1 Å². The highest BCUT2D eigenvalue weighted by Gasteiger charge is 2.16. The van der Waals surface area contributed by atoms with Gasteiger partial charge in [0.15, 0.2) is 0 Å². The van der Waals surface area contributed by atoms with E-state index in [2.05, 4.69) is 92.4 Å². The summed E-state index contributed by atoms with van der Waals surface area (Å²) >= 11 is 5.31. The second kappa shape index (κ2) is 7.44. The van der Waals surface area contributed by atoms with Gasteiger partial charge in [-0.15, -0.1) is 11.3 Å². The highest BCUT2D eigenvalue weighted by molar-refractivity contribution is 9.10. The number of benzene rings is 2. The molecule has 0 bridgehead atoms. The Labute approximate surface area is 181 Å². The minimum Gasteiger partial charge on any atom is -0.383 e. The van der Waals surface area contributed by atoms with E-state index >= 15 is 0 Å². The van der Waals surface area contributed by atoms with Crippen molar-refractivity contribution in [2.75, 3.05) is 13.7 Å². The van der Waals surface area contributed by atoms with Crippen molar-refractivity contribution in [1.29, 1.82) is 0 Å². The fourth-order valence-corrected chi connectivity index (χ4v) is 5.09. The Balaban J connectivity index is 1.63. The molecule has 0 aliphatic heterocycles. The summed E-state index contributed by atoms with van der Waals surface area (Å²) in [5.74, 6) is 0. The minimum atomic E-state index is 0.679. The van der Waals surface area contributed by atoms with Crippen molar-refractivity contribution in [2.45, 2.75) is 6.54 Å². The van der Waals surface area contributed by atoms with Crippen LogP contribution in [0, 0.1) is 0 Å². The maximum Gasteiger partial charge on any atom is 0.126 e. The van der Waals surface area contributed by atoms with Crippen LogP contribution in [0.1, 0.15) is 0 Å². The highest BCUT2D eigenvalue weighted by atomic mass is 79.9. The number of aromatic nitrogens is 3. The zero-order valence-electron chi connectivity index (χ0n) is 16.2. The molecule has 29 heavy (non-hydrogen) atoms. The Hall–Kier alpha value is -2.41. The number of fused-ring (bicyclic) bond motifs is 2. The third kappa shape index (κ3) is 3.21. The summed E-state index contributed by atoms with van der Waals surface area (Å²) in [7, 11) is 3.82. The number of hydrogen-bond acceptors (Lipinski definition) is 3. The number of ether oxygens (including phenoxy) is 1. The first-order valence-electron chi connectivity index (χ1n) is 9.43. The number of nitrogens with zero attached hydrogens (tertiary/aromatic N) is 3. The van der Waals surface area contributed by atoms with Gasteiger partial charge in [0.2, 0.25) is 0 Å². The van der Waals surface area contributed by atoms with Gasteiger partial charge in [-0.3, -0.25) is 0 Å². The summed E-state index contributed by atoms with van der Waals surface area (Å²) in [6.07, 6.45) is 4.36. The van der Waals surface area contributed by atoms with Gasteiger partial charge >= 0.3 is 0 Å². The SMILES string of the molecule is COCCn1cc(-c2nc(-c3cn(C)c4ccccc34)cs2)c2cc(Br)ccc21. The largest absolute Gasteiger partial charge is 0.383 e. The van der Waals surface area contributed by atoms with Gasteiger partial charge in [-0.1, -0.05) is 34.1 Å². The molecule has 3 heterocycles. The summed E-state index contributed by atoms with van der Waals surface area (Å²) < 4.78 is 10.8. The van der Waals surface area contributed by atoms with Crippen LogP contribution in [0.3, 0.4) is 0 Å². The molecule has 0 amide bonds. The molecule has 0 unspecified atom stereocenters. The molecule has 0 atom stereocenters. The lowest BCUT2D eigenvalue weighted by Gasteiger charge is -2.03. The van der Waals surface area contributed by atoms with Crippen LogP contribution in [-0.4, -0.2) is 27.8 Å². The number of aryl methyl sites for hydroxylation is 1. The predicted octanol–water partition coefficient (Wildman–Crippen LogP) is 6.33. The smallest absolute Gasteiger partial charge is 0.126 e. The van der Waals surface area contributed by atoms with Crippen molar-refractivity contribution >= 4 is 49.1 Å². The number of hydrogen-bond donors (Lipinski definition) is 0. The quantitative estimate of drug-likeness (QED) is 0.303. The molecule has 4 nitrogen and oxygen atoms in total. The molecule has 5 aromatic rings. The summed E-state index contributed by atoms with van der Waals surface area (Å²) in [5.41, 5.74) is 5.78. The molecular formula is C23H20BrN3OS. The molecule has 5 rings (SSSR count). The maximum absolute atomic E-state index is 5.29. The lowest BCUT2D eigenvalue weighted by molar-refractivity contribution is 0.188. The molecule has 0 radical (unpaired) electrons. The van der Waals surface area contributed by atoms with E-state index in [4.69, 9.17) is 9.72 Å². The lowest BCUT2D eigenvalue weighted by atomic mass is 10.1. The first-order chi connectivity index (χ1) is 14.2. The van der Waals surface area contributed by atoms with Gasteiger partial charge in [0.25, 0.3) is 0 Å². The fraction of sp³-hybridized carbons (Fsp3) is 0.174. The van der Waals surface area contributed by atoms with Crippen LogP contribution in [-0.2, 0) is 18.3 Å². The predicted molar refractivity (Wildman–Crippen MR) is 125 cm³/mol. The molecule has 6 heteroatoms. The van der Waals surface area contributed by atoms with Crippen molar-refractivity contribution in [3.05, 3.63) is 64.7 Å². The van der Waals surface area contributed by atoms with Crippen LogP contribution < -0.4 is 0 Å². The third-order valence-electron chi connectivity index (χ3n) is 5.29. The number of methoxy groups -OCH3 is 1. The normalized spacial score (nSPS) is 11.7. The van der Waals surface area contributed by atoms with Crippen LogP contribution in [0.15, 0.2) is 64.7 Å². The molecule has 0 fully saturated rings. The average Bonchev–Trinajstić information content (AvgIpc) is 3.42. The van der Waals surface area contributed by atoms with E-state index in [1.54, 1.807) is 18.4 Å². The Morgan fingerprint density at radius 2 is 1.90 bits per heavy atom. The number of thiazole rings is 1. The first-order valence-corrected chi connectivity index (χ1v) is 11.1. The Morgan fingerprint density at radius 3 is 2.76 bits per heavy atom. The molecule has 146 valence electrons. The van der Waals surface area contributed by atoms with Gasteiger partial charge in [-0.2, -0.15) is 0 Å². The maximum atomic E-state index is 5.29. The Kier molecular flexibility index (Phi) is 4.78. The molecule has 0 aliphatic carbocycles. The number of para-hydroxylation sites is 1. The van der Waals surface area contributed by atoms with Gasteiger partial charge in [-0.25, -0.2) is 4.98 Å². The van der Waals surface area contributed by atoms with E-state index < -0.39 is 0 Å². The molecule has 0 saturated carbocycles. The van der Waals surface area contributed by atoms with Crippen molar-refractivity contribution in [3.63, 3.8) is 0 Å². The highest BCUT2D eigenvalue weighted by Crippen LogP contribution is 2.38. The van der Waals surface area contributed by atoms with Gasteiger partial charge in [0.05, 0.1) is 12.3 Å². The fourth-order valence-electron chi connectivity index (χ4n) is 3.88. The monoisotopic (exact) mass is 465 g/mol. The molecule has 0 N–H and O–H groups in total. The zero-order valence-corrected chi connectivity index (χ0v) is 18.6. The molecule has 0 saturated heterocycles.